The number of hydrogen-bond acceptors (Lipinski definition) is 7. The molecule has 0 spiro atoms. The largest absolute Gasteiger partial charge is 0.317 e. The van der Waals surface area contributed by atoms with E-state index in [1.807, 2.05) is 6.92 Å². The molecule has 2 aromatic heterocycles. The Hall–Kier alpha value is -1.45. The smallest absolute Gasteiger partial charge is 0.267 e. The molecule has 2 amide bonds. The highest BCUT2D eigenvalue weighted by molar-refractivity contribution is 8.01. The van der Waals surface area contributed by atoms with Gasteiger partial charge in [0.05, 0.1) is 9.88 Å². The van der Waals surface area contributed by atoms with E-state index >= 15 is 0 Å². The molecule has 0 radical (unpaired) electrons. The molecule has 2 aromatic rings. The number of carbonyl (C=O) groups is 2. The summed E-state index contributed by atoms with van der Waals surface area (Å²) in [5.41, 5.74) is 0. The Morgan fingerprint density at radius 1 is 1.27 bits per heavy atom. The van der Waals surface area contributed by atoms with E-state index in [0.29, 0.717) is 15.0 Å². The number of thioether (sulfide) groups is 1. The number of amides is 2. The molecule has 1 saturated carbocycles. The molecule has 22 heavy (non-hydrogen) atoms. The maximum atomic E-state index is 12.1. The van der Waals surface area contributed by atoms with Crippen LogP contribution in [0.2, 0.25) is 0 Å². The van der Waals surface area contributed by atoms with E-state index in [1.165, 1.54) is 22.7 Å². The second-order valence-electron chi connectivity index (χ2n) is 4.69. The van der Waals surface area contributed by atoms with E-state index in [-0.39, 0.29) is 17.7 Å². The van der Waals surface area contributed by atoms with E-state index in [9.17, 15) is 9.59 Å². The SMILES string of the molecule is CCSc1nnc(NC(=O)c2ccc(NC(=O)C3CC3)s2)s1. The van der Waals surface area contributed by atoms with Gasteiger partial charge in [0.2, 0.25) is 11.0 Å². The number of nitrogens with one attached hydrogen (secondary N) is 2. The van der Waals surface area contributed by atoms with Crippen LogP contribution in [-0.2, 0) is 4.79 Å². The van der Waals surface area contributed by atoms with Crippen LogP contribution in [0.1, 0.15) is 29.4 Å². The molecule has 0 atom stereocenters. The molecular formula is C13H14N4O2S3. The average molecular weight is 354 g/mol. The van der Waals surface area contributed by atoms with Gasteiger partial charge in [-0.3, -0.25) is 14.9 Å². The van der Waals surface area contributed by atoms with Crippen molar-refractivity contribution < 1.29 is 9.59 Å². The van der Waals surface area contributed by atoms with Crippen LogP contribution in [-0.4, -0.2) is 27.8 Å². The van der Waals surface area contributed by atoms with Crippen LogP contribution in [0, 0.1) is 5.92 Å². The highest BCUT2D eigenvalue weighted by atomic mass is 32.2. The molecule has 1 aliphatic rings. The Morgan fingerprint density at radius 2 is 2.09 bits per heavy atom. The van der Waals surface area contributed by atoms with Crippen molar-refractivity contribution in [3.63, 3.8) is 0 Å². The third-order valence-electron chi connectivity index (χ3n) is 2.92. The normalized spacial score (nSPS) is 13.9. The van der Waals surface area contributed by atoms with Crippen LogP contribution in [0.15, 0.2) is 16.5 Å². The fourth-order valence-electron chi connectivity index (χ4n) is 1.70. The van der Waals surface area contributed by atoms with Crippen molar-refractivity contribution in [3.8, 4) is 0 Å². The van der Waals surface area contributed by atoms with Gasteiger partial charge in [-0.05, 0) is 30.7 Å². The summed E-state index contributed by atoms with van der Waals surface area (Å²) in [5, 5.41) is 14.7. The summed E-state index contributed by atoms with van der Waals surface area (Å²) in [6.45, 7) is 2.04. The van der Waals surface area contributed by atoms with Crippen LogP contribution >= 0.6 is 34.4 Å². The van der Waals surface area contributed by atoms with E-state index in [0.717, 1.165) is 22.9 Å². The lowest BCUT2D eigenvalue weighted by Crippen LogP contribution is -2.12. The van der Waals surface area contributed by atoms with Crippen molar-refractivity contribution in [2.45, 2.75) is 24.1 Å². The molecule has 6 nitrogen and oxygen atoms in total. The first-order chi connectivity index (χ1) is 10.7. The lowest BCUT2D eigenvalue weighted by atomic mass is 10.4. The Balaban J connectivity index is 1.59. The molecule has 0 aromatic carbocycles. The van der Waals surface area contributed by atoms with Crippen molar-refractivity contribution in [3.05, 3.63) is 17.0 Å². The molecule has 116 valence electrons. The van der Waals surface area contributed by atoms with Gasteiger partial charge in [-0.2, -0.15) is 0 Å². The summed E-state index contributed by atoms with van der Waals surface area (Å²) in [6, 6.07) is 3.45. The molecule has 9 heteroatoms. The lowest BCUT2D eigenvalue weighted by molar-refractivity contribution is -0.117. The summed E-state index contributed by atoms with van der Waals surface area (Å²) < 4.78 is 0.835. The highest BCUT2D eigenvalue weighted by Gasteiger charge is 2.29. The molecule has 1 aliphatic carbocycles. The summed E-state index contributed by atoms with van der Waals surface area (Å²) in [6.07, 6.45) is 1.92. The zero-order valence-corrected chi connectivity index (χ0v) is 14.2. The van der Waals surface area contributed by atoms with Gasteiger partial charge < -0.3 is 5.32 Å². The Bertz CT molecular complexity index is 693. The molecule has 0 saturated heterocycles. The van der Waals surface area contributed by atoms with E-state index in [2.05, 4.69) is 20.8 Å². The number of anilines is 2. The number of thiophene rings is 1. The van der Waals surface area contributed by atoms with Gasteiger partial charge >= 0.3 is 0 Å². The Morgan fingerprint density at radius 3 is 2.82 bits per heavy atom. The van der Waals surface area contributed by atoms with Gasteiger partial charge in [-0.15, -0.1) is 21.5 Å². The molecule has 0 unspecified atom stereocenters. The quantitative estimate of drug-likeness (QED) is 0.614. The number of rotatable bonds is 6. The summed E-state index contributed by atoms with van der Waals surface area (Å²) in [5.74, 6) is 0.868. The summed E-state index contributed by atoms with van der Waals surface area (Å²) >= 11 is 4.20. The zero-order chi connectivity index (χ0) is 15.5. The van der Waals surface area contributed by atoms with Gasteiger partial charge in [0.15, 0.2) is 4.34 Å². The average Bonchev–Trinajstić information content (AvgIpc) is 3.10. The van der Waals surface area contributed by atoms with Gasteiger partial charge in [0.25, 0.3) is 5.91 Å². The van der Waals surface area contributed by atoms with Crippen LogP contribution in [0.3, 0.4) is 0 Å². The van der Waals surface area contributed by atoms with Crippen LogP contribution in [0.25, 0.3) is 0 Å². The third kappa shape index (κ3) is 3.84. The molecule has 2 heterocycles. The van der Waals surface area contributed by atoms with E-state index in [4.69, 9.17) is 0 Å². The van der Waals surface area contributed by atoms with E-state index in [1.54, 1.807) is 23.9 Å². The maximum absolute atomic E-state index is 12.1. The van der Waals surface area contributed by atoms with Crippen molar-refractivity contribution in [1.82, 2.24) is 10.2 Å². The molecule has 0 aliphatic heterocycles. The number of carbonyl (C=O) groups excluding carboxylic acids is 2. The van der Waals surface area contributed by atoms with Crippen molar-refractivity contribution in [2.75, 3.05) is 16.4 Å². The summed E-state index contributed by atoms with van der Waals surface area (Å²) in [7, 11) is 0. The number of nitrogens with zero attached hydrogens (tertiary/aromatic N) is 2. The van der Waals surface area contributed by atoms with Crippen molar-refractivity contribution in [1.29, 1.82) is 0 Å². The first-order valence-electron chi connectivity index (χ1n) is 6.84. The molecule has 0 bridgehead atoms. The van der Waals surface area contributed by atoms with Crippen LogP contribution in [0.4, 0.5) is 10.1 Å². The second kappa shape index (κ2) is 6.76. The minimum Gasteiger partial charge on any atom is -0.317 e. The zero-order valence-electron chi connectivity index (χ0n) is 11.8. The number of aromatic nitrogens is 2. The first kappa shape index (κ1) is 15.4. The minimum atomic E-state index is -0.235. The molecule has 2 N–H and O–H groups in total. The van der Waals surface area contributed by atoms with Gasteiger partial charge in [0, 0.05) is 5.92 Å². The standard InChI is InChI=1S/C13H14N4O2S3/c1-2-20-13-17-16-12(22-13)15-11(19)8-5-6-9(21-8)14-10(18)7-3-4-7/h5-7H,2-4H2,1H3,(H,14,18)(H,15,16,19). The predicted octanol–water partition coefficient (Wildman–Crippen LogP) is 3.31. The number of hydrogen-bond donors (Lipinski definition) is 2. The minimum absolute atomic E-state index is 0.0409. The lowest BCUT2D eigenvalue weighted by Gasteiger charge is -1.99. The Labute approximate surface area is 139 Å². The third-order valence-corrected chi connectivity index (χ3v) is 5.77. The predicted molar refractivity (Wildman–Crippen MR) is 89.9 cm³/mol. The van der Waals surface area contributed by atoms with Gasteiger partial charge in [-0.25, -0.2) is 0 Å². The van der Waals surface area contributed by atoms with Gasteiger partial charge in [-0.1, -0.05) is 30.0 Å². The topological polar surface area (TPSA) is 84.0 Å². The van der Waals surface area contributed by atoms with Crippen molar-refractivity contribution in [2.24, 2.45) is 5.92 Å². The molecule has 3 rings (SSSR count). The maximum Gasteiger partial charge on any atom is 0.267 e. The first-order valence-corrected chi connectivity index (χ1v) is 9.46. The second-order valence-corrected chi connectivity index (χ2v) is 8.26. The van der Waals surface area contributed by atoms with Crippen molar-refractivity contribution >= 4 is 56.4 Å². The van der Waals surface area contributed by atoms with E-state index < -0.39 is 0 Å². The molecule has 1 fully saturated rings. The van der Waals surface area contributed by atoms with Crippen LogP contribution in [0.5, 0.6) is 0 Å². The summed E-state index contributed by atoms with van der Waals surface area (Å²) in [4.78, 5) is 24.4. The van der Waals surface area contributed by atoms with Crippen LogP contribution < -0.4 is 10.6 Å². The Kier molecular flexibility index (Phi) is 4.74. The fourth-order valence-corrected chi connectivity index (χ4v) is 4.15. The molecular weight excluding hydrogens is 340 g/mol. The highest BCUT2D eigenvalue weighted by Crippen LogP contribution is 2.32. The fraction of sp³-hybridized carbons (Fsp3) is 0.385. The van der Waals surface area contributed by atoms with Gasteiger partial charge in [0.1, 0.15) is 0 Å². The monoisotopic (exact) mass is 354 g/mol.